The molecular formula is C20H15BrN2O5S. The van der Waals surface area contributed by atoms with Crippen molar-refractivity contribution in [2.75, 3.05) is 6.61 Å². The zero-order valence-electron chi connectivity index (χ0n) is 15.0. The Bertz CT molecular complexity index is 1020. The van der Waals surface area contributed by atoms with Crippen LogP contribution >= 0.6 is 27.7 Å². The van der Waals surface area contributed by atoms with Gasteiger partial charge in [-0.15, -0.1) is 0 Å². The number of hydrogen-bond donors (Lipinski definition) is 0. The largest absolute Gasteiger partial charge is 0.489 e. The monoisotopic (exact) mass is 474 g/mol. The van der Waals surface area contributed by atoms with Crippen LogP contribution in [0.5, 0.6) is 5.75 Å². The molecule has 1 saturated heterocycles. The third-order valence-corrected chi connectivity index (χ3v) is 5.38. The van der Waals surface area contributed by atoms with Crippen LogP contribution in [0.15, 0.2) is 64.5 Å². The van der Waals surface area contributed by atoms with E-state index < -0.39 is 16.1 Å². The number of thioether (sulfide) groups is 1. The molecule has 0 N–H and O–H groups in total. The van der Waals surface area contributed by atoms with Gasteiger partial charge in [0, 0.05) is 22.2 Å². The van der Waals surface area contributed by atoms with Crippen molar-refractivity contribution >= 4 is 50.6 Å². The van der Waals surface area contributed by atoms with Crippen LogP contribution in [0.2, 0.25) is 0 Å². The number of carbonyl (C=O) groups is 2. The molecule has 0 aromatic heterocycles. The molecule has 0 radical (unpaired) electrons. The number of ether oxygens (including phenoxy) is 1. The molecule has 0 aliphatic carbocycles. The summed E-state index contributed by atoms with van der Waals surface area (Å²) in [6, 6.07) is 11.1. The van der Waals surface area contributed by atoms with Crippen molar-refractivity contribution in [3.63, 3.8) is 0 Å². The first-order valence-electron chi connectivity index (χ1n) is 8.41. The van der Waals surface area contributed by atoms with Gasteiger partial charge < -0.3 is 4.74 Å². The molecule has 1 fully saturated rings. The summed E-state index contributed by atoms with van der Waals surface area (Å²) in [6.07, 6.45) is 3.23. The lowest BCUT2D eigenvalue weighted by atomic mass is 10.1. The quantitative estimate of drug-likeness (QED) is 0.238. The molecule has 7 nitrogen and oxygen atoms in total. The fourth-order valence-electron chi connectivity index (χ4n) is 2.60. The minimum absolute atomic E-state index is 0.0400. The van der Waals surface area contributed by atoms with Gasteiger partial charge in [0.2, 0.25) is 0 Å². The summed E-state index contributed by atoms with van der Waals surface area (Å²) in [4.78, 5) is 36.7. The molecule has 1 aliphatic heterocycles. The number of benzene rings is 2. The van der Waals surface area contributed by atoms with E-state index in [0.717, 1.165) is 21.1 Å². The number of amides is 2. The summed E-state index contributed by atoms with van der Waals surface area (Å²) in [7, 11) is 0. The molecule has 0 saturated carbocycles. The molecule has 1 aliphatic rings. The summed E-state index contributed by atoms with van der Waals surface area (Å²) < 4.78 is 6.41. The topological polar surface area (TPSA) is 89.8 Å². The summed E-state index contributed by atoms with van der Waals surface area (Å²) >= 11 is 4.23. The number of rotatable bonds is 7. The number of nitro groups is 1. The Balaban J connectivity index is 1.82. The highest BCUT2D eigenvalue weighted by atomic mass is 79.9. The number of imide groups is 1. The van der Waals surface area contributed by atoms with E-state index in [-0.39, 0.29) is 17.1 Å². The molecule has 0 bridgehead atoms. The lowest BCUT2D eigenvalue weighted by molar-refractivity contribution is -0.384. The second-order valence-corrected chi connectivity index (χ2v) is 7.88. The Hall–Kier alpha value is -2.91. The number of nitrogens with zero attached hydrogens (tertiary/aromatic N) is 2. The Morgan fingerprint density at radius 3 is 2.59 bits per heavy atom. The predicted octanol–water partition coefficient (Wildman–Crippen LogP) is 5.16. The Morgan fingerprint density at radius 1 is 1.21 bits per heavy atom. The minimum Gasteiger partial charge on any atom is -0.489 e. The van der Waals surface area contributed by atoms with Gasteiger partial charge in [-0.05, 0) is 41.6 Å². The summed E-state index contributed by atoms with van der Waals surface area (Å²) in [6.45, 7) is 3.97. The molecule has 9 heteroatoms. The maximum atomic E-state index is 12.7. The molecule has 29 heavy (non-hydrogen) atoms. The van der Waals surface area contributed by atoms with Crippen molar-refractivity contribution in [1.29, 1.82) is 0 Å². The zero-order chi connectivity index (χ0) is 21.0. The van der Waals surface area contributed by atoms with Crippen molar-refractivity contribution < 1.29 is 19.2 Å². The van der Waals surface area contributed by atoms with Crippen LogP contribution in [-0.2, 0) is 11.3 Å². The third-order valence-electron chi connectivity index (χ3n) is 3.98. The fourth-order valence-corrected chi connectivity index (χ4v) is 3.80. The molecule has 2 aromatic carbocycles. The maximum absolute atomic E-state index is 12.7. The summed E-state index contributed by atoms with van der Waals surface area (Å²) in [5.41, 5.74) is 1.23. The molecular weight excluding hydrogens is 460 g/mol. The van der Waals surface area contributed by atoms with Crippen molar-refractivity contribution in [3.8, 4) is 5.75 Å². The molecule has 0 spiro atoms. The standard InChI is InChI=1S/C20H15BrN2O5S/c1-2-9-28-17-8-5-15(21)10-14(17)11-18-19(24)22(20(25)29-18)12-13-3-6-16(7-4-13)23(26)27/h2-8,10-11H,1,9,12H2/b18-11+. The molecule has 0 atom stereocenters. The first-order valence-corrected chi connectivity index (χ1v) is 10.0. The van der Waals surface area contributed by atoms with Gasteiger partial charge in [0.25, 0.3) is 16.8 Å². The Labute approximate surface area is 179 Å². The van der Waals surface area contributed by atoms with Crippen molar-refractivity contribution in [1.82, 2.24) is 4.90 Å². The maximum Gasteiger partial charge on any atom is 0.293 e. The number of hydrogen-bond acceptors (Lipinski definition) is 6. The zero-order valence-corrected chi connectivity index (χ0v) is 17.4. The van der Waals surface area contributed by atoms with Gasteiger partial charge in [0.05, 0.1) is 16.4 Å². The molecule has 148 valence electrons. The van der Waals surface area contributed by atoms with Crippen LogP contribution in [0.25, 0.3) is 6.08 Å². The van der Waals surface area contributed by atoms with E-state index in [1.54, 1.807) is 24.3 Å². The smallest absolute Gasteiger partial charge is 0.293 e. The summed E-state index contributed by atoms with van der Waals surface area (Å²) in [5, 5.41) is 10.4. The molecule has 2 aromatic rings. The molecule has 0 unspecified atom stereocenters. The van der Waals surface area contributed by atoms with E-state index in [2.05, 4.69) is 22.5 Å². The van der Waals surface area contributed by atoms with Gasteiger partial charge in [-0.3, -0.25) is 24.6 Å². The second-order valence-electron chi connectivity index (χ2n) is 5.97. The van der Waals surface area contributed by atoms with Crippen LogP contribution in [0, 0.1) is 10.1 Å². The van der Waals surface area contributed by atoms with Crippen molar-refractivity contribution in [2.24, 2.45) is 0 Å². The van der Waals surface area contributed by atoms with E-state index in [4.69, 9.17) is 4.74 Å². The number of nitro benzene ring substituents is 1. The first kappa shape index (κ1) is 20.8. The van der Waals surface area contributed by atoms with Crippen LogP contribution in [0.1, 0.15) is 11.1 Å². The van der Waals surface area contributed by atoms with Gasteiger partial charge in [-0.2, -0.15) is 0 Å². The van der Waals surface area contributed by atoms with Gasteiger partial charge >= 0.3 is 0 Å². The third kappa shape index (κ3) is 4.93. The van der Waals surface area contributed by atoms with Crippen LogP contribution in [0.4, 0.5) is 10.5 Å². The van der Waals surface area contributed by atoms with Gasteiger partial charge in [0.15, 0.2) is 0 Å². The van der Waals surface area contributed by atoms with Gasteiger partial charge in [-0.25, -0.2) is 0 Å². The summed E-state index contributed by atoms with van der Waals surface area (Å²) in [5.74, 6) is 0.142. The first-order chi connectivity index (χ1) is 13.9. The number of halogens is 1. The minimum atomic E-state index is -0.503. The number of carbonyl (C=O) groups excluding carboxylic acids is 2. The SMILES string of the molecule is C=CCOc1ccc(Br)cc1/C=C1/SC(=O)N(Cc2ccc([N+](=O)[O-])cc2)C1=O. The second kappa shape index (κ2) is 9.06. The van der Waals surface area contributed by atoms with E-state index in [1.165, 1.54) is 24.3 Å². The van der Waals surface area contributed by atoms with Crippen molar-refractivity contribution in [3.05, 3.63) is 85.7 Å². The highest BCUT2D eigenvalue weighted by molar-refractivity contribution is 9.10. The lowest BCUT2D eigenvalue weighted by Gasteiger charge is -2.12. The molecule has 1 heterocycles. The Morgan fingerprint density at radius 2 is 1.93 bits per heavy atom. The van der Waals surface area contributed by atoms with E-state index in [9.17, 15) is 19.7 Å². The number of non-ortho nitro benzene ring substituents is 1. The van der Waals surface area contributed by atoms with E-state index >= 15 is 0 Å². The van der Waals surface area contributed by atoms with Crippen LogP contribution in [-0.4, -0.2) is 27.6 Å². The fraction of sp³-hybridized carbons (Fsp3) is 0.100. The van der Waals surface area contributed by atoms with Crippen LogP contribution < -0.4 is 4.74 Å². The average molecular weight is 475 g/mol. The molecule has 3 rings (SSSR count). The lowest BCUT2D eigenvalue weighted by Crippen LogP contribution is -2.27. The van der Waals surface area contributed by atoms with Gasteiger partial charge in [-0.1, -0.05) is 40.7 Å². The predicted molar refractivity (Wildman–Crippen MR) is 114 cm³/mol. The van der Waals surface area contributed by atoms with Crippen LogP contribution in [0.3, 0.4) is 0 Å². The molecule has 2 amide bonds. The van der Waals surface area contributed by atoms with E-state index in [1.807, 2.05) is 6.07 Å². The van der Waals surface area contributed by atoms with Crippen molar-refractivity contribution in [2.45, 2.75) is 6.54 Å². The van der Waals surface area contributed by atoms with E-state index in [0.29, 0.717) is 23.5 Å². The Kier molecular flexibility index (Phi) is 6.50. The highest BCUT2D eigenvalue weighted by Gasteiger charge is 2.35. The average Bonchev–Trinajstić information content (AvgIpc) is 2.95. The normalized spacial score (nSPS) is 15.1. The highest BCUT2D eigenvalue weighted by Crippen LogP contribution is 2.35. The van der Waals surface area contributed by atoms with Gasteiger partial charge in [0.1, 0.15) is 12.4 Å².